The highest BCUT2D eigenvalue weighted by Crippen LogP contribution is 2.36. The molecule has 1 aliphatic heterocycles. The predicted molar refractivity (Wildman–Crippen MR) is 68.2 cm³/mol. The van der Waals surface area contributed by atoms with Crippen molar-refractivity contribution in [2.24, 2.45) is 5.73 Å². The minimum atomic E-state index is -1.10. The lowest BCUT2D eigenvalue weighted by Crippen LogP contribution is -2.20. The van der Waals surface area contributed by atoms with Gasteiger partial charge in [-0.25, -0.2) is 4.98 Å². The Morgan fingerprint density at radius 3 is 3.00 bits per heavy atom. The maximum atomic E-state index is 10.8. The molecule has 0 radical (unpaired) electrons. The molecule has 1 aromatic heterocycles. The second kappa shape index (κ2) is 4.52. The molecule has 1 atom stereocenters. The average Bonchev–Trinajstić information content (AvgIpc) is 3.05. The highest BCUT2D eigenvalue weighted by molar-refractivity contribution is 7.13. The van der Waals surface area contributed by atoms with Gasteiger partial charge in [-0.05, 0) is 18.2 Å². The Labute approximate surface area is 112 Å². The lowest BCUT2D eigenvalue weighted by atomic mass is 10.2. The summed E-state index contributed by atoms with van der Waals surface area (Å²) in [7, 11) is 0. The highest BCUT2D eigenvalue weighted by Gasteiger charge is 2.19. The molecule has 7 heteroatoms. The number of aromatic nitrogens is 1. The van der Waals surface area contributed by atoms with Crippen LogP contribution in [-0.2, 0) is 4.79 Å². The van der Waals surface area contributed by atoms with Crippen LogP contribution in [0.25, 0.3) is 10.6 Å². The Kier molecular flexibility index (Phi) is 2.84. The van der Waals surface area contributed by atoms with Gasteiger partial charge in [0, 0.05) is 10.9 Å². The summed E-state index contributed by atoms with van der Waals surface area (Å²) in [6.07, 6.45) is 0. The van der Waals surface area contributed by atoms with Crippen molar-refractivity contribution >= 4 is 17.3 Å². The first-order valence-electron chi connectivity index (χ1n) is 5.49. The molecule has 2 heterocycles. The Hall–Kier alpha value is -2.12. The summed E-state index contributed by atoms with van der Waals surface area (Å²) in [6.45, 7) is 0.214. The van der Waals surface area contributed by atoms with E-state index in [0.29, 0.717) is 22.2 Å². The molecule has 0 aliphatic carbocycles. The molecular weight excluding hydrogens is 268 g/mol. The fraction of sp³-hybridized carbons (Fsp3) is 0.167. The largest absolute Gasteiger partial charge is 0.480 e. The van der Waals surface area contributed by atoms with Crippen LogP contribution in [0.1, 0.15) is 11.7 Å². The quantitative estimate of drug-likeness (QED) is 0.886. The fourth-order valence-corrected chi connectivity index (χ4v) is 2.57. The van der Waals surface area contributed by atoms with Crippen LogP contribution < -0.4 is 15.2 Å². The van der Waals surface area contributed by atoms with E-state index in [4.69, 9.17) is 20.3 Å². The lowest BCUT2D eigenvalue weighted by molar-refractivity contribution is -0.138. The molecule has 19 heavy (non-hydrogen) atoms. The number of thiazole rings is 1. The van der Waals surface area contributed by atoms with Gasteiger partial charge in [0.2, 0.25) is 6.79 Å². The van der Waals surface area contributed by atoms with Crippen molar-refractivity contribution in [2.45, 2.75) is 6.04 Å². The van der Waals surface area contributed by atoms with Crippen LogP contribution >= 0.6 is 11.3 Å². The van der Waals surface area contributed by atoms with Gasteiger partial charge in [0.15, 0.2) is 11.5 Å². The van der Waals surface area contributed by atoms with Crippen molar-refractivity contribution in [1.29, 1.82) is 0 Å². The Morgan fingerprint density at radius 2 is 2.21 bits per heavy atom. The predicted octanol–water partition coefficient (Wildman–Crippen LogP) is 1.62. The van der Waals surface area contributed by atoms with Gasteiger partial charge in [0.05, 0.1) is 5.69 Å². The molecule has 6 nitrogen and oxygen atoms in total. The van der Waals surface area contributed by atoms with Crippen LogP contribution in [0.5, 0.6) is 11.5 Å². The number of nitrogens with two attached hydrogens (primary N) is 1. The smallest absolute Gasteiger partial charge is 0.326 e. The summed E-state index contributed by atoms with van der Waals surface area (Å²) in [5, 5.41) is 11.2. The topological polar surface area (TPSA) is 94.7 Å². The minimum absolute atomic E-state index is 0.214. The zero-order valence-corrected chi connectivity index (χ0v) is 10.5. The van der Waals surface area contributed by atoms with Gasteiger partial charge >= 0.3 is 5.97 Å². The molecule has 1 aliphatic rings. The third kappa shape index (κ3) is 2.13. The van der Waals surface area contributed by atoms with E-state index in [1.807, 2.05) is 12.1 Å². The van der Waals surface area contributed by atoms with Crippen molar-refractivity contribution < 1.29 is 19.4 Å². The van der Waals surface area contributed by atoms with Crippen LogP contribution in [0.15, 0.2) is 23.6 Å². The number of carbonyl (C=O) groups is 1. The number of rotatable bonds is 3. The summed E-state index contributed by atoms with van der Waals surface area (Å²) >= 11 is 1.34. The van der Waals surface area contributed by atoms with Gasteiger partial charge in [-0.1, -0.05) is 0 Å². The van der Waals surface area contributed by atoms with Gasteiger partial charge < -0.3 is 20.3 Å². The van der Waals surface area contributed by atoms with Crippen molar-refractivity contribution in [1.82, 2.24) is 4.98 Å². The molecule has 1 unspecified atom stereocenters. The van der Waals surface area contributed by atoms with E-state index in [1.54, 1.807) is 11.4 Å². The molecule has 3 rings (SSSR count). The van der Waals surface area contributed by atoms with Crippen LogP contribution in [0.4, 0.5) is 0 Å². The van der Waals surface area contributed by atoms with E-state index >= 15 is 0 Å². The second-order valence-corrected chi connectivity index (χ2v) is 4.82. The minimum Gasteiger partial charge on any atom is -0.480 e. The van der Waals surface area contributed by atoms with E-state index in [9.17, 15) is 4.79 Å². The number of aliphatic carboxylic acids is 1. The molecule has 0 bridgehead atoms. The molecule has 98 valence electrons. The van der Waals surface area contributed by atoms with Crippen LogP contribution in [0, 0.1) is 0 Å². The SMILES string of the molecule is NC(C(=O)O)c1csc(-c2ccc3c(c2)OCO3)n1. The molecule has 1 aromatic carbocycles. The number of fused-ring (bicyclic) bond motifs is 1. The first-order chi connectivity index (χ1) is 9.15. The first kappa shape index (κ1) is 11.9. The van der Waals surface area contributed by atoms with Crippen molar-refractivity contribution in [3.63, 3.8) is 0 Å². The fourth-order valence-electron chi connectivity index (χ4n) is 1.72. The molecule has 3 N–H and O–H groups in total. The average molecular weight is 278 g/mol. The number of benzene rings is 1. The zero-order chi connectivity index (χ0) is 13.4. The first-order valence-corrected chi connectivity index (χ1v) is 6.37. The Morgan fingerprint density at radius 1 is 1.42 bits per heavy atom. The van der Waals surface area contributed by atoms with Crippen molar-refractivity contribution in [2.75, 3.05) is 6.79 Å². The van der Waals surface area contributed by atoms with Crippen LogP contribution in [0.2, 0.25) is 0 Å². The second-order valence-electron chi connectivity index (χ2n) is 3.96. The van der Waals surface area contributed by atoms with Gasteiger partial charge in [-0.15, -0.1) is 11.3 Å². The maximum Gasteiger partial charge on any atom is 0.326 e. The third-order valence-corrected chi connectivity index (χ3v) is 3.64. The van der Waals surface area contributed by atoms with E-state index in [-0.39, 0.29) is 6.79 Å². The molecule has 0 saturated heterocycles. The van der Waals surface area contributed by atoms with Crippen molar-refractivity contribution in [3.8, 4) is 22.1 Å². The van der Waals surface area contributed by atoms with Gasteiger partial charge in [-0.3, -0.25) is 4.79 Å². The zero-order valence-electron chi connectivity index (χ0n) is 9.70. The molecule has 0 spiro atoms. The van der Waals surface area contributed by atoms with Crippen molar-refractivity contribution in [3.05, 3.63) is 29.3 Å². The number of carboxylic acids is 1. The van der Waals surface area contributed by atoms with Crippen LogP contribution in [-0.4, -0.2) is 22.9 Å². The molecule has 0 fully saturated rings. The summed E-state index contributed by atoms with van der Waals surface area (Å²) in [5.74, 6) is 0.266. The summed E-state index contributed by atoms with van der Waals surface area (Å²) in [6, 6.07) is 4.37. The molecule has 0 amide bonds. The highest BCUT2D eigenvalue weighted by atomic mass is 32.1. The van der Waals surface area contributed by atoms with Gasteiger partial charge in [0.1, 0.15) is 11.0 Å². The normalized spacial score (nSPS) is 14.4. The van der Waals surface area contributed by atoms with Gasteiger partial charge in [0.25, 0.3) is 0 Å². The number of carboxylic acid groups (broad SMARTS) is 1. The summed E-state index contributed by atoms with van der Waals surface area (Å²) in [4.78, 5) is 15.0. The van der Waals surface area contributed by atoms with E-state index in [0.717, 1.165) is 5.56 Å². The van der Waals surface area contributed by atoms with E-state index in [2.05, 4.69) is 4.98 Å². The van der Waals surface area contributed by atoms with Gasteiger partial charge in [-0.2, -0.15) is 0 Å². The molecular formula is C12H10N2O4S. The third-order valence-electron chi connectivity index (χ3n) is 2.73. The Bertz CT molecular complexity index is 640. The number of hydrogen-bond donors (Lipinski definition) is 2. The summed E-state index contributed by atoms with van der Waals surface area (Å²) in [5.41, 5.74) is 6.72. The molecule has 2 aromatic rings. The van der Waals surface area contributed by atoms with Crippen LogP contribution in [0.3, 0.4) is 0 Å². The standard InChI is InChI=1S/C12H10N2O4S/c13-10(12(15)16)7-4-19-11(14-7)6-1-2-8-9(3-6)18-5-17-8/h1-4,10H,5,13H2,(H,15,16). The Balaban J connectivity index is 1.92. The number of nitrogens with zero attached hydrogens (tertiary/aromatic N) is 1. The monoisotopic (exact) mass is 278 g/mol. The summed E-state index contributed by atoms with van der Waals surface area (Å²) < 4.78 is 10.5. The lowest BCUT2D eigenvalue weighted by Gasteiger charge is -2.01. The van der Waals surface area contributed by atoms with E-state index in [1.165, 1.54) is 11.3 Å². The molecule has 0 saturated carbocycles. The van der Waals surface area contributed by atoms with E-state index < -0.39 is 12.0 Å². The maximum absolute atomic E-state index is 10.8. The number of hydrogen-bond acceptors (Lipinski definition) is 6. The number of ether oxygens (including phenoxy) is 2.